The number of amides is 2. The number of carbonyl (C=O) groups excluding carboxylic acids is 2. The number of rotatable bonds is 6. The molecule has 0 aliphatic carbocycles. The number of halogens is 1. The van der Waals surface area contributed by atoms with Gasteiger partial charge in [-0.3, -0.25) is 14.9 Å². The Balaban J connectivity index is 1.53. The Morgan fingerprint density at radius 2 is 1.80 bits per heavy atom. The summed E-state index contributed by atoms with van der Waals surface area (Å²) in [6.07, 6.45) is 0.508. The van der Waals surface area contributed by atoms with Gasteiger partial charge in [0.15, 0.2) is 0 Å². The van der Waals surface area contributed by atoms with E-state index in [1.54, 1.807) is 12.1 Å². The van der Waals surface area contributed by atoms with Crippen molar-refractivity contribution >= 4 is 22.9 Å². The summed E-state index contributed by atoms with van der Waals surface area (Å²) in [7, 11) is 0. The largest absolute Gasteiger partial charge is 0.493 e. The monoisotopic (exact) mass is 359 g/mol. The molecule has 1 aliphatic rings. The first-order valence-corrected chi connectivity index (χ1v) is 8.88. The van der Waals surface area contributed by atoms with E-state index in [0.29, 0.717) is 13.0 Å². The maximum Gasteiger partial charge on any atom is 0.286 e. The Bertz CT molecular complexity index is 761. The van der Waals surface area contributed by atoms with Crippen molar-refractivity contribution in [2.75, 3.05) is 6.61 Å². The van der Waals surface area contributed by atoms with Crippen molar-refractivity contribution in [3.63, 3.8) is 0 Å². The first kappa shape index (κ1) is 17.5. The van der Waals surface area contributed by atoms with Crippen molar-refractivity contribution < 1.29 is 18.7 Å². The van der Waals surface area contributed by atoms with Crippen LogP contribution in [0.1, 0.15) is 24.0 Å². The lowest BCUT2D eigenvalue weighted by molar-refractivity contribution is -0.118. The van der Waals surface area contributed by atoms with Crippen LogP contribution in [-0.4, -0.2) is 23.0 Å². The number of hydrogen-bond acceptors (Lipinski definition) is 4. The van der Waals surface area contributed by atoms with Crippen molar-refractivity contribution in [3.8, 4) is 5.75 Å². The average molecular weight is 359 g/mol. The minimum Gasteiger partial charge on any atom is -0.493 e. The van der Waals surface area contributed by atoms with Gasteiger partial charge in [0, 0.05) is 5.92 Å². The van der Waals surface area contributed by atoms with Crippen molar-refractivity contribution in [2.45, 2.75) is 24.5 Å². The standard InChI is InChI=1S/C19H18FNO3S/c1-12(14-4-6-15(20)7-5-14)11-24-16-8-2-13(3-9-16)10-17-18(22)21-19(23)25-17/h2-9,12,17H,10-11H2,1H3,(H,21,22,23). The summed E-state index contributed by atoms with van der Waals surface area (Å²) in [4.78, 5) is 22.8. The van der Waals surface area contributed by atoms with E-state index in [-0.39, 0.29) is 28.1 Å². The van der Waals surface area contributed by atoms with Gasteiger partial charge < -0.3 is 4.74 Å². The smallest absolute Gasteiger partial charge is 0.286 e. The Morgan fingerprint density at radius 1 is 1.12 bits per heavy atom. The molecule has 2 amide bonds. The third-order valence-electron chi connectivity index (χ3n) is 4.05. The maximum absolute atomic E-state index is 13.0. The minimum absolute atomic E-state index is 0.143. The number of imide groups is 1. The lowest BCUT2D eigenvalue weighted by Crippen LogP contribution is -2.25. The van der Waals surface area contributed by atoms with Crippen LogP contribution in [0.2, 0.25) is 0 Å². The number of nitrogens with one attached hydrogen (secondary N) is 1. The van der Waals surface area contributed by atoms with E-state index in [2.05, 4.69) is 5.32 Å². The second-order valence-electron chi connectivity index (χ2n) is 5.99. The topological polar surface area (TPSA) is 55.4 Å². The van der Waals surface area contributed by atoms with Gasteiger partial charge in [0.2, 0.25) is 5.91 Å². The SMILES string of the molecule is CC(COc1ccc(CC2SC(=O)NC2=O)cc1)c1ccc(F)cc1. The molecule has 4 nitrogen and oxygen atoms in total. The molecule has 2 atom stereocenters. The van der Waals surface area contributed by atoms with E-state index in [0.717, 1.165) is 28.6 Å². The molecule has 2 unspecified atom stereocenters. The van der Waals surface area contributed by atoms with Crippen LogP contribution in [0, 0.1) is 5.82 Å². The quantitative estimate of drug-likeness (QED) is 0.850. The highest BCUT2D eigenvalue weighted by atomic mass is 32.2. The molecule has 1 N–H and O–H groups in total. The first-order chi connectivity index (χ1) is 12.0. The predicted molar refractivity (Wildman–Crippen MR) is 95.4 cm³/mol. The highest BCUT2D eigenvalue weighted by Crippen LogP contribution is 2.24. The highest BCUT2D eigenvalue weighted by Gasteiger charge is 2.31. The Kier molecular flexibility index (Phi) is 5.38. The molecule has 1 fully saturated rings. The van der Waals surface area contributed by atoms with Crippen molar-refractivity contribution in [2.24, 2.45) is 0 Å². The van der Waals surface area contributed by atoms with Gasteiger partial charge in [-0.2, -0.15) is 0 Å². The second kappa shape index (κ2) is 7.70. The Morgan fingerprint density at radius 3 is 2.40 bits per heavy atom. The minimum atomic E-state index is -0.363. The van der Waals surface area contributed by atoms with Gasteiger partial charge >= 0.3 is 0 Å². The summed E-state index contributed by atoms with van der Waals surface area (Å²) in [5.41, 5.74) is 1.99. The van der Waals surface area contributed by atoms with Gasteiger partial charge in [-0.25, -0.2) is 4.39 Å². The number of hydrogen-bond donors (Lipinski definition) is 1. The molecule has 0 bridgehead atoms. The van der Waals surface area contributed by atoms with Crippen LogP contribution in [0.25, 0.3) is 0 Å². The molecule has 25 heavy (non-hydrogen) atoms. The van der Waals surface area contributed by atoms with Crippen LogP contribution in [0.3, 0.4) is 0 Å². The van der Waals surface area contributed by atoms with Crippen LogP contribution >= 0.6 is 11.8 Å². The summed E-state index contributed by atoms with van der Waals surface area (Å²) >= 11 is 1.03. The molecule has 1 heterocycles. The lowest BCUT2D eigenvalue weighted by atomic mass is 10.0. The zero-order valence-corrected chi connectivity index (χ0v) is 14.5. The summed E-state index contributed by atoms with van der Waals surface area (Å²) in [5.74, 6) is 0.397. The number of carbonyl (C=O) groups is 2. The summed E-state index contributed by atoms with van der Waals surface area (Å²) in [6, 6.07) is 13.9. The van der Waals surface area contributed by atoms with Crippen molar-refractivity contribution in [3.05, 3.63) is 65.5 Å². The zero-order valence-electron chi connectivity index (χ0n) is 13.7. The number of benzene rings is 2. The van der Waals surface area contributed by atoms with Gasteiger partial charge in [-0.15, -0.1) is 0 Å². The number of thioether (sulfide) groups is 1. The van der Waals surface area contributed by atoms with Gasteiger partial charge in [0.1, 0.15) is 11.6 Å². The Hall–Kier alpha value is -2.34. The van der Waals surface area contributed by atoms with E-state index >= 15 is 0 Å². The maximum atomic E-state index is 13.0. The van der Waals surface area contributed by atoms with Crippen LogP contribution in [-0.2, 0) is 11.2 Å². The molecule has 130 valence electrons. The van der Waals surface area contributed by atoms with E-state index in [4.69, 9.17) is 4.74 Å². The molecule has 6 heteroatoms. The fourth-order valence-corrected chi connectivity index (χ4v) is 3.43. The van der Waals surface area contributed by atoms with Crippen LogP contribution in [0.15, 0.2) is 48.5 Å². The highest BCUT2D eigenvalue weighted by molar-refractivity contribution is 8.15. The second-order valence-corrected chi connectivity index (χ2v) is 7.17. The first-order valence-electron chi connectivity index (χ1n) is 8.00. The molecule has 0 aromatic heterocycles. The molecule has 0 radical (unpaired) electrons. The van der Waals surface area contributed by atoms with Gasteiger partial charge in [-0.05, 0) is 41.8 Å². The zero-order chi connectivity index (χ0) is 17.8. The van der Waals surface area contributed by atoms with Gasteiger partial charge in [0.25, 0.3) is 5.24 Å². The van der Waals surface area contributed by atoms with E-state index in [9.17, 15) is 14.0 Å². The third kappa shape index (κ3) is 4.60. The van der Waals surface area contributed by atoms with Crippen LogP contribution in [0.5, 0.6) is 5.75 Å². The van der Waals surface area contributed by atoms with Gasteiger partial charge in [0.05, 0.1) is 11.9 Å². The summed E-state index contributed by atoms with van der Waals surface area (Å²) < 4.78 is 18.7. The van der Waals surface area contributed by atoms with Gasteiger partial charge in [-0.1, -0.05) is 43.0 Å². The predicted octanol–water partition coefficient (Wildman–Crippen LogP) is 3.90. The fraction of sp³-hybridized carbons (Fsp3) is 0.263. The van der Waals surface area contributed by atoms with E-state index in [1.165, 1.54) is 12.1 Å². The molecule has 0 saturated carbocycles. The summed E-state index contributed by atoms with van der Waals surface area (Å²) in [6.45, 7) is 2.51. The molecular formula is C19H18FNO3S. The number of ether oxygens (including phenoxy) is 1. The van der Waals surface area contributed by atoms with E-state index < -0.39 is 0 Å². The van der Waals surface area contributed by atoms with Crippen molar-refractivity contribution in [1.29, 1.82) is 0 Å². The van der Waals surface area contributed by atoms with Crippen LogP contribution in [0.4, 0.5) is 9.18 Å². The molecule has 0 spiro atoms. The fourth-order valence-electron chi connectivity index (χ4n) is 2.57. The summed E-state index contributed by atoms with van der Waals surface area (Å²) in [5, 5.41) is 1.64. The molecule has 2 aromatic carbocycles. The Labute approximate surface area is 149 Å². The molecule has 2 aromatic rings. The lowest BCUT2D eigenvalue weighted by Gasteiger charge is -2.14. The normalized spacial score (nSPS) is 18.1. The third-order valence-corrected chi connectivity index (χ3v) is 5.03. The molecular weight excluding hydrogens is 341 g/mol. The van der Waals surface area contributed by atoms with Crippen LogP contribution < -0.4 is 10.1 Å². The average Bonchev–Trinajstić information content (AvgIpc) is 2.92. The molecule has 1 saturated heterocycles. The van der Waals surface area contributed by atoms with E-state index in [1.807, 2.05) is 31.2 Å². The molecule has 1 aliphatic heterocycles. The molecule has 3 rings (SSSR count). The van der Waals surface area contributed by atoms with Crippen molar-refractivity contribution in [1.82, 2.24) is 5.32 Å².